The first kappa shape index (κ1) is 20.0. The lowest BCUT2D eigenvalue weighted by molar-refractivity contribution is -0.385. The molecule has 1 aliphatic heterocycles. The molecule has 7 heteroatoms. The number of anilines is 1. The normalized spacial score (nSPS) is 15.2. The van der Waals surface area contributed by atoms with Gasteiger partial charge in [-0.05, 0) is 43.2 Å². The summed E-state index contributed by atoms with van der Waals surface area (Å²) in [6, 6.07) is 13.5. The summed E-state index contributed by atoms with van der Waals surface area (Å²) >= 11 is 0. The first-order valence-corrected chi connectivity index (χ1v) is 9.07. The number of nitro groups is 1. The van der Waals surface area contributed by atoms with Crippen molar-refractivity contribution in [1.29, 1.82) is 0 Å². The lowest BCUT2D eigenvalue weighted by atomic mass is 10.0. The molecule has 148 valence electrons. The first-order valence-electron chi connectivity index (χ1n) is 9.07. The number of methoxy groups -OCH3 is 1. The van der Waals surface area contributed by atoms with E-state index in [1.165, 1.54) is 30.2 Å². The van der Waals surface area contributed by atoms with E-state index in [1.54, 1.807) is 19.1 Å². The molecule has 7 nitrogen and oxygen atoms in total. The minimum absolute atomic E-state index is 0.0585. The molecule has 3 rings (SSSR count). The van der Waals surface area contributed by atoms with Gasteiger partial charge in [-0.2, -0.15) is 0 Å². The molecule has 0 unspecified atom stereocenters. The molecule has 0 atom stereocenters. The molecular weight excluding hydrogens is 372 g/mol. The van der Waals surface area contributed by atoms with Crippen LogP contribution in [0, 0.1) is 10.1 Å². The Balaban J connectivity index is 2.16. The lowest BCUT2D eigenvalue weighted by Gasteiger charge is -2.18. The van der Waals surface area contributed by atoms with Crippen molar-refractivity contribution in [2.24, 2.45) is 0 Å². The second-order valence-electron chi connectivity index (χ2n) is 6.49. The summed E-state index contributed by atoms with van der Waals surface area (Å²) < 4.78 is 4.87. The number of benzene rings is 2. The third kappa shape index (κ3) is 3.67. The molecule has 0 fully saturated rings. The topological polar surface area (TPSA) is 89.8 Å². The molecular formula is C22H20N2O5. The predicted molar refractivity (Wildman–Crippen MR) is 109 cm³/mol. The molecule has 2 aromatic rings. The van der Waals surface area contributed by atoms with Crippen LogP contribution in [0.2, 0.25) is 0 Å². The first-order chi connectivity index (χ1) is 13.9. The molecule has 1 amide bonds. The fourth-order valence-corrected chi connectivity index (χ4v) is 3.30. The summed E-state index contributed by atoms with van der Waals surface area (Å²) in [5.41, 5.74) is 2.37. The number of nitrogens with zero attached hydrogens (tertiary/aromatic N) is 2. The van der Waals surface area contributed by atoms with Gasteiger partial charge in [-0.1, -0.05) is 31.2 Å². The second kappa shape index (κ2) is 8.10. The summed E-state index contributed by atoms with van der Waals surface area (Å²) in [6.07, 6.45) is 2.23. The fraction of sp³-hybridized carbons (Fsp3) is 0.182. The van der Waals surface area contributed by atoms with Crippen LogP contribution in [0.4, 0.5) is 11.4 Å². The van der Waals surface area contributed by atoms with Crippen molar-refractivity contribution in [2.45, 2.75) is 20.3 Å². The van der Waals surface area contributed by atoms with Crippen molar-refractivity contribution in [3.8, 4) is 0 Å². The molecule has 0 aliphatic carbocycles. The SMILES string of the molecule is CCc1ccc(N2C(=O)/C(=C\c3ccccc3[N+](=O)[O-])C(C(=O)OC)=C2C)cc1. The number of hydrogen-bond acceptors (Lipinski definition) is 5. The Morgan fingerprint density at radius 1 is 1.17 bits per heavy atom. The zero-order valence-corrected chi connectivity index (χ0v) is 16.3. The van der Waals surface area contributed by atoms with Crippen LogP contribution in [-0.2, 0) is 20.7 Å². The molecule has 0 radical (unpaired) electrons. The third-order valence-electron chi connectivity index (χ3n) is 4.83. The van der Waals surface area contributed by atoms with Gasteiger partial charge < -0.3 is 4.74 Å². The number of esters is 1. The van der Waals surface area contributed by atoms with E-state index in [2.05, 4.69) is 0 Å². The summed E-state index contributed by atoms with van der Waals surface area (Å²) in [4.78, 5) is 37.9. The Morgan fingerprint density at radius 3 is 2.41 bits per heavy atom. The minimum atomic E-state index is -0.673. The Kier molecular flexibility index (Phi) is 5.59. The quantitative estimate of drug-likeness (QED) is 0.332. The average molecular weight is 392 g/mol. The van der Waals surface area contributed by atoms with Crippen LogP contribution in [0.3, 0.4) is 0 Å². The number of aryl methyl sites for hydroxylation is 1. The van der Waals surface area contributed by atoms with Crippen molar-refractivity contribution < 1.29 is 19.2 Å². The second-order valence-corrected chi connectivity index (χ2v) is 6.49. The van der Waals surface area contributed by atoms with Crippen molar-refractivity contribution in [1.82, 2.24) is 0 Å². The Morgan fingerprint density at radius 2 is 1.83 bits per heavy atom. The van der Waals surface area contributed by atoms with Crippen molar-refractivity contribution in [3.63, 3.8) is 0 Å². The van der Waals surface area contributed by atoms with Gasteiger partial charge in [0.25, 0.3) is 11.6 Å². The highest BCUT2D eigenvalue weighted by molar-refractivity contribution is 6.24. The fourth-order valence-electron chi connectivity index (χ4n) is 3.30. The lowest BCUT2D eigenvalue weighted by Crippen LogP contribution is -2.24. The summed E-state index contributed by atoms with van der Waals surface area (Å²) in [5.74, 6) is -1.11. The summed E-state index contributed by atoms with van der Waals surface area (Å²) in [7, 11) is 1.23. The van der Waals surface area contributed by atoms with E-state index in [0.717, 1.165) is 12.0 Å². The molecule has 1 heterocycles. The van der Waals surface area contributed by atoms with Crippen molar-refractivity contribution in [3.05, 3.63) is 86.6 Å². The number of para-hydroxylation sites is 1. The number of hydrogen-bond donors (Lipinski definition) is 0. The van der Waals surface area contributed by atoms with Crippen molar-refractivity contribution >= 4 is 29.3 Å². The maximum atomic E-state index is 13.2. The van der Waals surface area contributed by atoms with Gasteiger partial charge in [0, 0.05) is 17.5 Å². The van der Waals surface area contributed by atoms with E-state index in [9.17, 15) is 19.7 Å². The number of ether oxygens (including phenoxy) is 1. The van der Waals surface area contributed by atoms with E-state index in [0.29, 0.717) is 11.4 Å². The maximum Gasteiger partial charge on any atom is 0.340 e. The zero-order valence-electron chi connectivity index (χ0n) is 16.3. The molecule has 0 spiro atoms. The molecule has 0 bridgehead atoms. The minimum Gasteiger partial charge on any atom is -0.465 e. The molecule has 0 aromatic heterocycles. The molecule has 0 N–H and O–H groups in total. The van der Waals surface area contributed by atoms with Gasteiger partial charge >= 0.3 is 5.97 Å². The van der Waals surface area contributed by atoms with Crippen LogP contribution >= 0.6 is 0 Å². The Labute approximate surface area is 168 Å². The monoisotopic (exact) mass is 392 g/mol. The molecule has 29 heavy (non-hydrogen) atoms. The van der Waals surface area contributed by atoms with Crippen LogP contribution in [0.25, 0.3) is 6.08 Å². The number of rotatable bonds is 5. The van der Waals surface area contributed by atoms with E-state index in [1.807, 2.05) is 31.2 Å². The van der Waals surface area contributed by atoms with Crippen LogP contribution < -0.4 is 4.90 Å². The average Bonchev–Trinajstić information content (AvgIpc) is 2.97. The number of carbonyl (C=O) groups is 2. The predicted octanol–water partition coefficient (Wildman–Crippen LogP) is 4.03. The summed E-state index contributed by atoms with van der Waals surface area (Å²) in [6.45, 7) is 3.68. The summed E-state index contributed by atoms with van der Waals surface area (Å²) in [5, 5.41) is 11.3. The zero-order chi connectivity index (χ0) is 21.1. The van der Waals surface area contributed by atoms with Gasteiger partial charge in [0.15, 0.2) is 0 Å². The van der Waals surface area contributed by atoms with Crippen LogP contribution in [0.5, 0.6) is 0 Å². The Bertz CT molecular complexity index is 1050. The molecule has 2 aromatic carbocycles. The molecule has 0 saturated heterocycles. The maximum absolute atomic E-state index is 13.2. The third-order valence-corrected chi connectivity index (χ3v) is 4.83. The van der Waals surface area contributed by atoms with Gasteiger partial charge in [-0.15, -0.1) is 0 Å². The Hall–Kier alpha value is -3.74. The van der Waals surface area contributed by atoms with Crippen LogP contribution in [-0.4, -0.2) is 23.9 Å². The number of carbonyl (C=O) groups excluding carboxylic acids is 2. The highest BCUT2D eigenvalue weighted by atomic mass is 16.6. The van der Waals surface area contributed by atoms with E-state index in [4.69, 9.17) is 4.74 Å². The largest absolute Gasteiger partial charge is 0.465 e. The van der Waals surface area contributed by atoms with E-state index >= 15 is 0 Å². The van der Waals surface area contributed by atoms with Gasteiger partial charge in [0.2, 0.25) is 0 Å². The highest BCUT2D eigenvalue weighted by Crippen LogP contribution is 2.36. The number of nitro benzene ring substituents is 1. The smallest absolute Gasteiger partial charge is 0.340 e. The van der Waals surface area contributed by atoms with Crippen LogP contribution in [0.1, 0.15) is 25.0 Å². The number of allylic oxidation sites excluding steroid dienone is 1. The van der Waals surface area contributed by atoms with Gasteiger partial charge in [-0.25, -0.2) is 4.79 Å². The number of amides is 1. The van der Waals surface area contributed by atoms with Gasteiger partial charge in [-0.3, -0.25) is 19.8 Å². The van der Waals surface area contributed by atoms with Crippen LogP contribution in [0.15, 0.2) is 65.4 Å². The van der Waals surface area contributed by atoms with E-state index < -0.39 is 16.8 Å². The highest BCUT2D eigenvalue weighted by Gasteiger charge is 2.38. The molecule has 0 saturated carbocycles. The standard InChI is InChI=1S/C22H20N2O5/c1-4-15-9-11-17(12-10-15)23-14(2)20(22(26)29-3)18(21(23)25)13-16-7-5-6-8-19(16)24(27)28/h5-13H,4H2,1-3H3/b18-13-. The van der Waals surface area contributed by atoms with Gasteiger partial charge in [0.05, 0.1) is 28.7 Å². The van der Waals surface area contributed by atoms with E-state index in [-0.39, 0.29) is 22.4 Å². The van der Waals surface area contributed by atoms with Crippen molar-refractivity contribution in [2.75, 3.05) is 12.0 Å². The van der Waals surface area contributed by atoms with Gasteiger partial charge in [0.1, 0.15) is 0 Å². The molecule has 1 aliphatic rings.